The Bertz CT molecular complexity index is 897. The normalized spacial score (nSPS) is 19.8. The van der Waals surface area contributed by atoms with Crippen LogP contribution in [0.1, 0.15) is 22.6 Å². The minimum absolute atomic E-state index is 0. The van der Waals surface area contributed by atoms with Gasteiger partial charge in [0.15, 0.2) is 5.69 Å². The van der Waals surface area contributed by atoms with Gasteiger partial charge in [-0.2, -0.15) is 0 Å². The fourth-order valence-corrected chi connectivity index (χ4v) is 3.93. The third-order valence-corrected chi connectivity index (χ3v) is 5.50. The van der Waals surface area contributed by atoms with E-state index in [4.69, 9.17) is 0 Å². The summed E-state index contributed by atoms with van der Waals surface area (Å²) in [5, 5.41) is 22.5. The van der Waals surface area contributed by atoms with Crippen molar-refractivity contribution in [3.63, 3.8) is 0 Å². The summed E-state index contributed by atoms with van der Waals surface area (Å²) in [5.41, 5.74) is 1.36. The highest BCUT2D eigenvalue weighted by atomic mass is 35.5. The van der Waals surface area contributed by atoms with Crippen LogP contribution < -0.4 is 5.32 Å². The van der Waals surface area contributed by atoms with Crippen LogP contribution in [0.25, 0.3) is 5.69 Å². The molecule has 1 unspecified atom stereocenters. The van der Waals surface area contributed by atoms with Crippen LogP contribution in [0.3, 0.4) is 0 Å². The van der Waals surface area contributed by atoms with Crippen molar-refractivity contribution in [3.8, 4) is 5.69 Å². The first-order valence-corrected chi connectivity index (χ1v) is 9.46. The molecule has 2 saturated heterocycles. The fraction of sp³-hybridized carbons (Fsp3) is 0.500. The zero-order valence-corrected chi connectivity index (χ0v) is 17.0. The van der Waals surface area contributed by atoms with Gasteiger partial charge >= 0.3 is 0 Å². The number of nitrogens with zero attached hydrogens (tertiary/aromatic N) is 6. The number of carbonyl (C=O) groups excluding carboxylic acids is 1. The second kappa shape index (κ2) is 8.85. The number of nitrogens with one attached hydrogen (secondary N) is 1. The summed E-state index contributed by atoms with van der Waals surface area (Å²) in [6.07, 6.45) is 0.962. The Hall–Kier alpha value is -2.56. The van der Waals surface area contributed by atoms with Crippen molar-refractivity contribution in [2.45, 2.75) is 19.4 Å². The Labute approximate surface area is 174 Å². The summed E-state index contributed by atoms with van der Waals surface area (Å²) in [7, 11) is 0. The lowest BCUT2D eigenvalue weighted by molar-refractivity contribution is -0.384. The largest absolute Gasteiger partial charge is 0.336 e. The number of likely N-dealkylation sites (tertiary alicyclic amines) is 1. The maximum atomic E-state index is 13.0. The van der Waals surface area contributed by atoms with E-state index >= 15 is 0 Å². The molecule has 156 valence electrons. The Morgan fingerprint density at radius 1 is 1.28 bits per heavy atom. The molecule has 1 aromatic heterocycles. The highest BCUT2D eigenvalue weighted by Crippen LogP contribution is 2.21. The number of non-ortho nitro benzene ring substituents is 1. The van der Waals surface area contributed by atoms with Crippen molar-refractivity contribution in [2.24, 2.45) is 0 Å². The standard InChI is InChI=1S/C18H23N7O3.ClH/c1-13-17(20-21-24(13)14-3-2-4-15(11-14)25(27)28)18(26)23-8-5-16(12-23)22-9-6-19-7-10-22;/h2-4,11,16,19H,5-10,12H2,1H3;1H. The van der Waals surface area contributed by atoms with Crippen molar-refractivity contribution in [1.82, 2.24) is 30.1 Å². The molecule has 0 bridgehead atoms. The molecule has 1 amide bonds. The number of aromatic nitrogens is 3. The van der Waals surface area contributed by atoms with E-state index in [1.807, 2.05) is 4.90 Å². The van der Waals surface area contributed by atoms with Crippen LogP contribution in [0.15, 0.2) is 24.3 Å². The third-order valence-electron chi connectivity index (χ3n) is 5.50. The molecule has 10 nitrogen and oxygen atoms in total. The van der Waals surface area contributed by atoms with Gasteiger partial charge in [0.1, 0.15) is 0 Å². The molecule has 4 rings (SSSR count). The van der Waals surface area contributed by atoms with Crippen LogP contribution in [-0.4, -0.2) is 80.9 Å². The van der Waals surface area contributed by atoms with Gasteiger partial charge in [0.05, 0.1) is 16.3 Å². The van der Waals surface area contributed by atoms with Gasteiger partial charge in [-0.1, -0.05) is 11.3 Å². The summed E-state index contributed by atoms with van der Waals surface area (Å²) in [6.45, 7) is 7.15. The lowest BCUT2D eigenvalue weighted by Crippen LogP contribution is -2.49. The van der Waals surface area contributed by atoms with Crippen molar-refractivity contribution >= 4 is 24.0 Å². The minimum Gasteiger partial charge on any atom is -0.336 e. The molecule has 2 aliphatic rings. The van der Waals surface area contributed by atoms with E-state index in [9.17, 15) is 14.9 Å². The van der Waals surface area contributed by atoms with Gasteiger partial charge in [-0.3, -0.25) is 19.8 Å². The molecule has 1 aromatic carbocycles. The van der Waals surface area contributed by atoms with E-state index in [0.29, 0.717) is 36.2 Å². The second-order valence-corrected chi connectivity index (χ2v) is 7.19. The number of halogens is 1. The van der Waals surface area contributed by atoms with Crippen LogP contribution in [0.5, 0.6) is 0 Å². The molecule has 2 aliphatic heterocycles. The molecule has 3 heterocycles. The number of nitro groups is 1. The Balaban J connectivity index is 0.00000240. The van der Waals surface area contributed by atoms with E-state index in [0.717, 1.165) is 32.6 Å². The molecule has 0 saturated carbocycles. The Morgan fingerprint density at radius 2 is 2.03 bits per heavy atom. The number of carbonyl (C=O) groups is 1. The molecule has 1 atom stereocenters. The third kappa shape index (κ3) is 4.24. The first-order chi connectivity index (χ1) is 13.5. The van der Waals surface area contributed by atoms with E-state index in [1.165, 1.54) is 16.8 Å². The highest BCUT2D eigenvalue weighted by molar-refractivity contribution is 5.93. The maximum Gasteiger partial charge on any atom is 0.276 e. The number of hydrogen-bond donors (Lipinski definition) is 1. The molecular formula is C18H24ClN7O3. The smallest absolute Gasteiger partial charge is 0.276 e. The van der Waals surface area contributed by atoms with Crippen molar-refractivity contribution in [1.29, 1.82) is 0 Å². The molecule has 11 heteroatoms. The van der Waals surface area contributed by atoms with E-state index in [-0.39, 0.29) is 24.0 Å². The van der Waals surface area contributed by atoms with Crippen LogP contribution in [0.2, 0.25) is 0 Å². The van der Waals surface area contributed by atoms with Crippen molar-refractivity contribution < 1.29 is 9.72 Å². The predicted octanol–water partition coefficient (Wildman–Crippen LogP) is 1.03. The molecule has 2 fully saturated rings. The van der Waals surface area contributed by atoms with Gasteiger partial charge in [-0.15, -0.1) is 17.5 Å². The van der Waals surface area contributed by atoms with Gasteiger partial charge in [-0.05, 0) is 19.4 Å². The monoisotopic (exact) mass is 421 g/mol. The molecule has 2 aromatic rings. The highest BCUT2D eigenvalue weighted by Gasteiger charge is 2.33. The lowest BCUT2D eigenvalue weighted by atomic mass is 10.2. The molecular weight excluding hydrogens is 398 g/mol. The second-order valence-electron chi connectivity index (χ2n) is 7.19. The average Bonchev–Trinajstić information content (AvgIpc) is 3.35. The lowest BCUT2D eigenvalue weighted by Gasteiger charge is -2.32. The van der Waals surface area contributed by atoms with Crippen LogP contribution >= 0.6 is 12.4 Å². The molecule has 0 aliphatic carbocycles. The SMILES string of the molecule is Cc1c(C(=O)N2CCC(N3CCNCC3)C2)nnn1-c1cccc([N+](=O)[O-])c1.Cl. The van der Waals surface area contributed by atoms with Gasteiger partial charge < -0.3 is 10.2 Å². The van der Waals surface area contributed by atoms with Crippen LogP contribution in [0.4, 0.5) is 5.69 Å². The number of piperazine rings is 1. The number of benzene rings is 1. The summed E-state index contributed by atoms with van der Waals surface area (Å²) < 4.78 is 1.48. The summed E-state index contributed by atoms with van der Waals surface area (Å²) in [5.74, 6) is -0.133. The summed E-state index contributed by atoms with van der Waals surface area (Å²) >= 11 is 0. The van der Waals surface area contributed by atoms with Crippen LogP contribution in [-0.2, 0) is 0 Å². The van der Waals surface area contributed by atoms with Gasteiger partial charge in [0, 0.05) is 57.4 Å². The average molecular weight is 422 g/mol. The number of rotatable bonds is 4. The Kier molecular flexibility index (Phi) is 6.46. The molecule has 29 heavy (non-hydrogen) atoms. The van der Waals surface area contributed by atoms with Crippen molar-refractivity contribution in [2.75, 3.05) is 39.3 Å². The summed E-state index contributed by atoms with van der Waals surface area (Å²) in [6, 6.07) is 6.53. The van der Waals surface area contributed by atoms with Crippen LogP contribution in [0, 0.1) is 17.0 Å². The molecule has 1 N–H and O–H groups in total. The molecule has 0 spiro atoms. The minimum atomic E-state index is -0.456. The predicted molar refractivity (Wildman–Crippen MR) is 109 cm³/mol. The van der Waals surface area contributed by atoms with E-state index < -0.39 is 4.92 Å². The topological polar surface area (TPSA) is 109 Å². The first kappa shape index (κ1) is 21.2. The summed E-state index contributed by atoms with van der Waals surface area (Å²) in [4.78, 5) is 27.8. The van der Waals surface area contributed by atoms with Gasteiger partial charge in [0.25, 0.3) is 11.6 Å². The Morgan fingerprint density at radius 3 is 2.76 bits per heavy atom. The molecule has 0 radical (unpaired) electrons. The van der Waals surface area contributed by atoms with Gasteiger partial charge in [0.2, 0.25) is 0 Å². The quantitative estimate of drug-likeness (QED) is 0.579. The van der Waals surface area contributed by atoms with E-state index in [2.05, 4.69) is 20.5 Å². The number of hydrogen-bond acceptors (Lipinski definition) is 7. The van der Waals surface area contributed by atoms with Gasteiger partial charge in [-0.25, -0.2) is 4.68 Å². The van der Waals surface area contributed by atoms with E-state index in [1.54, 1.807) is 19.1 Å². The zero-order valence-electron chi connectivity index (χ0n) is 16.2. The fourth-order valence-electron chi connectivity index (χ4n) is 3.93. The maximum absolute atomic E-state index is 13.0. The van der Waals surface area contributed by atoms with Crippen molar-refractivity contribution in [3.05, 3.63) is 45.8 Å². The first-order valence-electron chi connectivity index (χ1n) is 9.46. The number of nitro benzene ring substituents is 1. The number of amides is 1. The zero-order chi connectivity index (χ0) is 19.7.